The number of nitro groups is 1. The van der Waals surface area contributed by atoms with E-state index in [1.54, 1.807) is 36.4 Å². The summed E-state index contributed by atoms with van der Waals surface area (Å²) in [5, 5.41) is 15.2. The number of nitrogens with zero attached hydrogens (tertiary/aromatic N) is 3. The zero-order valence-corrected chi connectivity index (χ0v) is 21.3. The molecule has 1 heterocycles. The first-order valence-corrected chi connectivity index (χ1v) is 12.3. The Bertz CT molecular complexity index is 1330. The predicted molar refractivity (Wildman–Crippen MR) is 147 cm³/mol. The minimum Gasteiger partial charge on any atom is -0.493 e. The van der Waals surface area contributed by atoms with Crippen molar-refractivity contribution >= 4 is 23.5 Å². The molecule has 0 aliphatic carbocycles. The highest BCUT2D eigenvalue weighted by Crippen LogP contribution is 2.34. The number of carbonyl (C=O) groups is 1. The number of benzene rings is 3. The third kappa shape index (κ3) is 6.56. The molecule has 0 bridgehead atoms. The molecule has 4 rings (SSSR count). The number of non-ortho nitro benzene ring substituents is 1. The quantitative estimate of drug-likeness (QED) is 0.162. The molecule has 0 saturated carbocycles. The Labute approximate surface area is 221 Å². The maximum Gasteiger partial charge on any atom is 0.271 e. The fourth-order valence-electron chi connectivity index (χ4n) is 4.32. The van der Waals surface area contributed by atoms with Gasteiger partial charge in [-0.3, -0.25) is 14.9 Å². The molecule has 0 atom stereocenters. The van der Waals surface area contributed by atoms with Crippen LogP contribution in [0.1, 0.15) is 39.9 Å². The lowest BCUT2D eigenvalue weighted by Gasteiger charge is -2.17. The lowest BCUT2D eigenvalue weighted by atomic mass is 10.1. The van der Waals surface area contributed by atoms with Crippen molar-refractivity contribution in [3.63, 3.8) is 0 Å². The average molecular weight is 515 g/mol. The first kappa shape index (κ1) is 26.4. The van der Waals surface area contributed by atoms with Crippen molar-refractivity contribution in [3.8, 4) is 11.5 Å². The smallest absolute Gasteiger partial charge is 0.271 e. The molecule has 0 aromatic heterocycles. The zero-order valence-electron chi connectivity index (χ0n) is 21.3. The van der Waals surface area contributed by atoms with Gasteiger partial charge in [0, 0.05) is 42.0 Å². The lowest BCUT2D eigenvalue weighted by Crippen LogP contribution is -2.19. The van der Waals surface area contributed by atoms with Crippen molar-refractivity contribution in [3.05, 3.63) is 106 Å². The van der Waals surface area contributed by atoms with Gasteiger partial charge in [-0.2, -0.15) is 5.10 Å². The number of hydrogen-bond donors (Lipinski definition) is 1. The Morgan fingerprint density at radius 3 is 2.61 bits per heavy atom. The molecular weight excluding hydrogens is 484 g/mol. The minimum absolute atomic E-state index is 0.000483. The molecule has 38 heavy (non-hydrogen) atoms. The van der Waals surface area contributed by atoms with E-state index in [2.05, 4.69) is 22.0 Å². The lowest BCUT2D eigenvalue weighted by molar-refractivity contribution is -0.384. The van der Waals surface area contributed by atoms with Crippen LogP contribution < -0.4 is 19.8 Å². The van der Waals surface area contributed by atoms with Gasteiger partial charge in [-0.25, -0.2) is 5.43 Å². The number of amides is 1. The molecule has 1 aliphatic rings. The minimum atomic E-state index is -0.441. The summed E-state index contributed by atoms with van der Waals surface area (Å²) in [6.45, 7) is 6.04. The molecule has 1 amide bonds. The second kappa shape index (κ2) is 12.5. The van der Waals surface area contributed by atoms with Crippen molar-refractivity contribution in [1.82, 2.24) is 5.43 Å². The molecule has 0 radical (unpaired) electrons. The Balaban J connectivity index is 1.45. The Hall–Kier alpha value is -4.66. The third-order valence-corrected chi connectivity index (χ3v) is 6.22. The number of carbonyl (C=O) groups excluding carboxylic acids is 1. The molecule has 196 valence electrons. The number of hydrogen-bond acceptors (Lipinski definition) is 7. The summed E-state index contributed by atoms with van der Waals surface area (Å²) in [5.74, 6) is 0.683. The highest BCUT2D eigenvalue weighted by Gasteiger charge is 2.15. The van der Waals surface area contributed by atoms with E-state index in [0.717, 1.165) is 24.3 Å². The standard InChI is InChI=1S/C29H30N4O5/c1-3-7-24-16-22(18-27(37-2)28(24)38-20-21-8-6-9-26(17-21)33(35)36)19-30-31-29(34)23-10-12-25(13-11-23)32-14-4-5-15-32/h3,6,8-13,16-19H,1,4-5,7,14-15,20H2,2H3,(H,31,34)/b30-19-. The van der Waals surface area contributed by atoms with Gasteiger partial charge in [0.05, 0.1) is 18.2 Å². The highest BCUT2D eigenvalue weighted by molar-refractivity contribution is 5.95. The molecular formula is C29H30N4O5. The van der Waals surface area contributed by atoms with Crippen LogP contribution in [-0.4, -0.2) is 37.2 Å². The second-order valence-electron chi connectivity index (χ2n) is 8.86. The Morgan fingerprint density at radius 1 is 1.16 bits per heavy atom. The molecule has 1 N–H and O–H groups in total. The van der Waals surface area contributed by atoms with Crippen LogP contribution in [0.2, 0.25) is 0 Å². The first-order chi connectivity index (χ1) is 18.5. The monoisotopic (exact) mass is 514 g/mol. The van der Waals surface area contributed by atoms with E-state index in [1.165, 1.54) is 38.3 Å². The summed E-state index contributed by atoms with van der Waals surface area (Å²) in [5.41, 5.74) is 6.38. The number of methoxy groups -OCH3 is 1. The molecule has 3 aromatic rings. The fraction of sp³-hybridized carbons (Fsp3) is 0.241. The predicted octanol–water partition coefficient (Wildman–Crippen LogP) is 5.28. The zero-order chi connectivity index (χ0) is 26.9. The molecule has 9 heteroatoms. The van der Waals surface area contributed by atoms with Gasteiger partial charge >= 0.3 is 0 Å². The second-order valence-corrected chi connectivity index (χ2v) is 8.86. The van der Waals surface area contributed by atoms with Gasteiger partial charge in [-0.1, -0.05) is 18.2 Å². The van der Waals surface area contributed by atoms with Gasteiger partial charge < -0.3 is 14.4 Å². The molecule has 1 saturated heterocycles. The third-order valence-electron chi connectivity index (χ3n) is 6.22. The normalized spacial score (nSPS) is 12.9. The highest BCUT2D eigenvalue weighted by atomic mass is 16.6. The van der Waals surface area contributed by atoms with E-state index in [0.29, 0.717) is 34.6 Å². The number of allylic oxidation sites excluding steroid dienone is 1. The maximum absolute atomic E-state index is 12.6. The van der Waals surface area contributed by atoms with Crippen LogP contribution in [0, 0.1) is 10.1 Å². The van der Waals surface area contributed by atoms with Crippen molar-refractivity contribution in [2.75, 3.05) is 25.1 Å². The van der Waals surface area contributed by atoms with Crippen molar-refractivity contribution in [2.24, 2.45) is 5.10 Å². The van der Waals surface area contributed by atoms with Gasteiger partial charge in [0.1, 0.15) is 6.61 Å². The number of ether oxygens (including phenoxy) is 2. The Morgan fingerprint density at radius 2 is 1.92 bits per heavy atom. The van der Waals surface area contributed by atoms with E-state index in [9.17, 15) is 14.9 Å². The van der Waals surface area contributed by atoms with Crippen LogP contribution in [0.15, 0.2) is 78.4 Å². The molecule has 0 spiro atoms. The van der Waals surface area contributed by atoms with E-state index in [-0.39, 0.29) is 18.2 Å². The van der Waals surface area contributed by atoms with Crippen molar-refractivity contribution < 1.29 is 19.2 Å². The van der Waals surface area contributed by atoms with E-state index >= 15 is 0 Å². The van der Waals surface area contributed by atoms with Crippen LogP contribution in [0.5, 0.6) is 11.5 Å². The SMILES string of the molecule is C=CCc1cc(/C=N\NC(=O)c2ccc(N3CCCC3)cc2)cc(OC)c1OCc1cccc([N+](=O)[O-])c1. The van der Waals surface area contributed by atoms with Crippen molar-refractivity contribution in [2.45, 2.75) is 25.9 Å². The largest absolute Gasteiger partial charge is 0.493 e. The fourth-order valence-corrected chi connectivity index (χ4v) is 4.32. The molecule has 1 fully saturated rings. The number of rotatable bonds is 11. The summed E-state index contributed by atoms with van der Waals surface area (Å²) in [6.07, 6.45) is 6.17. The Kier molecular flexibility index (Phi) is 8.71. The van der Waals surface area contributed by atoms with E-state index in [4.69, 9.17) is 9.47 Å². The van der Waals surface area contributed by atoms with Gasteiger partial charge in [0.15, 0.2) is 11.5 Å². The summed E-state index contributed by atoms with van der Waals surface area (Å²) in [7, 11) is 1.53. The average Bonchev–Trinajstić information content (AvgIpc) is 3.48. The first-order valence-electron chi connectivity index (χ1n) is 12.3. The summed E-state index contributed by atoms with van der Waals surface area (Å²) in [4.78, 5) is 25.5. The number of hydrazone groups is 1. The van der Waals surface area contributed by atoms with Crippen LogP contribution in [0.4, 0.5) is 11.4 Å². The summed E-state index contributed by atoms with van der Waals surface area (Å²) in [6, 6.07) is 17.4. The molecule has 0 unspecified atom stereocenters. The molecule has 3 aromatic carbocycles. The molecule has 9 nitrogen and oxygen atoms in total. The number of nitro benzene ring substituents is 1. The van der Waals surface area contributed by atoms with Crippen LogP contribution in [0.25, 0.3) is 0 Å². The van der Waals surface area contributed by atoms with E-state index in [1.807, 2.05) is 18.2 Å². The maximum atomic E-state index is 12.6. The topological polar surface area (TPSA) is 106 Å². The van der Waals surface area contributed by atoms with Crippen LogP contribution in [-0.2, 0) is 13.0 Å². The van der Waals surface area contributed by atoms with Crippen LogP contribution in [0.3, 0.4) is 0 Å². The van der Waals surface area contributed by atoms with Gasteiger partial charge in [-0.05, 0) is 66.8 Å². The van der Waals surface area contributed by atoms with Gasteiger partial charge in [-0.15, -0.1) is 6.58 Å². The van der Waals surface area contributed by atoms with Gasteiger partial charge in [0.25, 0.3) is 11.6 Å². The summed E-state index contributed by atoms with van der Waals surface area (Å²) < 4.78 is 11.6. The van der Waals surface area contributed by atoms with Gasteiger partial charge in [0.2, 0.25) is 0 Å². The number of nitrogens with one attached hydrogen (secondary N) is 1. The van der Waals surface area contributed by atoms with E-state index < -0.39 is 4.92 Å². The summed E-state index contributed by atoms with van der Waals surface area (Å²) >= 11 is 0. The van der Waals surface area contributed by atoms with Crippen LogP contribution >= 0.6 is 0 Å². The van der Waals surface area contributed by atoms with Crippen molar-refractivity contribution in [1.29, 1.82) is 0 Å². The number of anilines is 1. The molecule has 1 aliphatic heterocycles.